The van der Waals surface area contributed by atoms with Crippen LogP contribution in [0.2, 0.25) is 0 Å². The number of para-hydroxylation sites is 1. The lowest BCUT2D eigenvalue weighted by atomic mass is 9.67. The molecule has 0 saturated heterocycles. The van der Waals surface area contributed by atoms with Crippen LogP contribution in [-0.4, -0.2) is 0 Å². The molecule has 2 aliphatic rings. The van der Waals surface area contributed by atoms with Gasteiger partial charge in [0.1, 0.15) is 0 Å². The van der Waals surface area contributed by atoms with Gasteiger partial charge in [-0.3, -0.25) is 0 Å². The molecule has 11 aromatic carbocycles. The standard InChI is InChI=1S/C72H53N/c1-50-18-15-21-56-22-17-31-65(71(50)56)59-24-16-23-58(48-59)64-29-12-14-33-70(64)73(62-43-38-54(39-44-62)53-36-34-52(35-37-53)51-19-5-2-6-20-51)63-45-40-55(41-46-63)57-42-47-67-66-30-11-13-32-68(66)72(69(67)49-57,60-25-7-3-8-26-60)61-27-9-4-10-28-61/h2-17,19-50H,18H2,1H3. The summed E-state index contributed by atoms with van der Waals surface area (Å²) in [7, 11) is 0. The molecule has 73 heavy (non-hydrogen) atoms. The molecule has 346 valence electrons. The van der Waals surface area contributed by atoms with Gasteiger partial charge < -0.3 is 4.90 Å². The molecule has 1 atom stereocenters. The zero-order valence-corrected chi connectivity index (χ0v) is 40.9. The second-order valence-corrected chi connectivity index (χ2v) is 19.6. The highest BCUT2D eigenvalue weighted by Crippen LogP contribution is 2.57. The molecule has 0 radical (unpaired) electrons. The van der Waals surface area contributed by atoms with Gasteiger partial charge in [-0.1, -0.05) is 250 Å². The zero-order chi connectivity index (χ0) is 48.7. The fourth-order valence-electron chi connectivity index (χ4n) is 12.0. The van der Waals surface area contributed by atoms with Crippen LogP contribution in [0.1, 0.15) is 52.6 Å². The van der Waals surface area contributed by atoms with E-state index in [1.54, 1.807) is 0 Å². The largest absolute Gasteiger partial charge is 0.310 e. The molecule has 0 heterocycles. The summed E-state index contributed by atoms with van der Waals surface area (Å²) in [6, 6.07) is 101. The molecule has 0 aromatic heterocycles. The van der Waals surface area contributed by atoms with Gasteiger partial charge in [-0.15, -0.1) is 0 Å². The summed E-state index contributed by atoms with van der Waals surface area (Å²) in [6.07, 6.45) is 5.66. The highest BCUT2D eigenvalue weighted by Gasteiger charge is 2.46. The van der Waals surface area contributed by atoms with E-state index < -0.39 is 5.41 Å². The van der Waals surface area contributed by atoms with Crippen molar-refractivity contribution < 1.29 is 0 Å². The summed E-state index contributed by atoms with van der Waals surface area (Å²) in [5, 5.41) is 0. The molecule has 0 N–H and O–H groups in total. The first-order valence-corrected chi connectivity index (χ1v) is 25.6. The number of allylic oxidation sites excluding steroid dienone is 1. The number of hydrogen-bond donors (Lipinski definition) is 0. The summed E-state index contributed by atoms with van der Waals surface area (Å²) in [5.41, 5.74) is 25.4. The van der Waals surface area contributed by atoms with Gasteiger partial charge in [-0.05, 0) is 149 Å². The Morgan fingerprint density at radius 1 is 0.342 bits per heavy atom. The van der Waals surface area contributed by atoms with Crippen LogP contribution in [0, 0.1) is 0 Å². The maximum Gasteiger partial charge on any atom is 0.0713 e. The number of hydrogen-bond acceptors (Lipinski definition) is 1. The van der Waals surface area contributed by atoms with Crippen LogP contribution >= 0.6 is 0 Å². The van der Waals surface area contributed by atoms with E-state index in [-0.39, 0.29) is 0 Å². The maximum absolute atomic E-state index is 2.45. The van der Waals surface area contributed by atoms with Crippen LogP contribution in [-0.2, 0) is 5.41 Å². The van der Waals surface area contributed by atoms with Crippen molar-refractivity contribution in [2.24, 2.45) is 0 Å². The number of benzene rings is 11. The van der Waals surface area contributed by atoms with Gasteiger partial charge in [0.25, 0.3) is 0 Å². The zero-order valence-electron chi connectivity index (χ0n) is 40.9. The maximum atomic E-state index is 2.45. The molecular weight excluding hydrogens is 879 g/mol. The Bertz CT molecular complexity index is 3760. The van der Waals surface area contributed by atoms with E-state index >= 15 is 0 Å². The highest BCUT2D eigenvalue weighted by molar-refractivity contribution is 5.92. The molecule has 1 nitrogen and oxygen atoms in total. The Hall–Kier alpha value is -9.04. The fraction of sp³-hybridized carbons (Fsp3) is 0.0556. The molecule has 11 aromatic rings. The first-order chi connectivity index (χ1) is 36.1. The summed E-state index contributed by atoms with van der Waals surface area (Å²) in [4.78, 5) is 2.43. The van der Waals surface area contributed by atoms with Crippen molar-refractivity contribution in [3.63, 3.8) is 0 Å². The summed E-state index contributed by atoms with van der Waals surface area (Å²) >= 11 is 0. The van der Waals surface area contributed by atoms with Gasteiger partial charge in [0.15, 0.2) is 0 Å². The van der Waals surface area contributed by atoms with Crippen LogP contribution in [0.4, 0.5) is 17.1 Å². The van der Waals surface area contributed by atoms with Crippen molar-refractivity contribution in [3.05, 3.63) is 312 Å². The molecular formula is C72H53N. The van der Waals surface area contributed by atoms with Gasteiger partial charge in [-0.25, -0.2) is 0 Å². The Labute approximate surface area is 429 Å². The van der Waals surface area contributed by atoms with Crippen LogP contribution in [0.3, 0.4) is 0 Å². The predicted octanol–water partition coefficient (Wildman–Crippen LogP) is 19.4. The third kappa shape index (κ3) is 7.73. The number of fused-ring (bicyclic) bond motifs is 4. The molecule has 0 saturated carbocycles. The lowest BCUT2D eigenvalue weighted by Crippen LogP contribution is -2.28. The number of rotatable bonds is 10. The first kappa shape index (κ1) is 43.9. The van der Waals surface area contributed by atoms with Gasteiger partial charge in [0, 0.05) is 16.9 Å². The SMILES string of the molecule is CC1CC=Cc2cccc(-c3cccc(-c4ccccc4N(c4ccc(-c5ccc(-c6ccccc6)cc5)cc4)c4ccc(-c5ccc6c(c5)C(c5ccccc5)(c5ccccc5)c5ccccc5-6)cc4)c3)c21. The Morgan fingerprint density at radius 2 is 0.795 bits per heavy atom. The summed E-state index contributed by atoms with van der Waals surface area (Å²) in [6.45, 7) is 2.35. The van der Waals surface area contributed by atoms with Crippen molar-refractivity contribution in [2.75, 3.05) is 4.90 Å². The Morgan fingerprint density at radius 3 is 1.44 bits per heavy atom. The van der Waals surface area contributed by atoms with E-state index in [1.807, 2.05) is 0 Å². The van der Waals surface area contributed by atoms with Crippen LogP contribution in [0.15, 0.2) is 279 Å². The molecule has 2 aliphatic carbocycles. The van der Waals surface area contributed by atoms with Gasteiger partial charge >= 0.3 is 0 Å². The average molecular weight is 932 g/mol. The van der Waals surface area contributed by atoms with E-state index in [9.17, 15) is 0 Å². The molecule has 1 unspecified atom stereocenters. The van der Waals surface area contributed by atoms with E-state index in [0.717, 1.165) is 23.5 Å². The van der Waals surface area contributed by atoms with Gasteiger partial charge in [-0.2, -0.15) is 0 Å². The third-order valence-electron chi connectivity index (χ3n) is 15.4. The third-order valence-corrected chi connectivity index (χ3v) is 15.4. The molecule has 1 heteroatoms. The van der Waals surface area contributed by atoms with E-state index in [4.69, 9.17) is 0 Å². The van der Waals surface area contributed by atoms with Crippen molar-refractivity contribution in [2.45, 2.75) is 24.7 Å². The second-order valence-electron chi connectivity index (χ2n) is 19.6. The Kier molecular flexibility index (Phi) is 11.2. The van der Waals surface area contributed by atoms with E-state index in [2.05, 4.69) is 297 Å². The second kappa shape index (κ2) is 18.6. The van der Waals surface area contributed by atoms with Crippen LogP contribution in [0.5, 0.6) is 0 Å². The minimum absolute atomic E-state index is 0.457. The Balaban J connectivity index is 0.918. The minimum atomic E-state index is -0.465. The number of anilines is 3. The van der Waals surface area contributed by atoms with Gasteiger partial charge in [0.2, 0.25) is 0 Å². The van der Waals surface area contributed by atoms with E-state index in [1.165, 1.54) is 100 Å². The molecule has 0 fully saturated rings. The first-order valence-electron chi connectivity index (χ1n) is 25.6. The summed E-state index contributed by atoms with van der Waals surface area (Å²) < 4.78 is 0. The van der Waals surface area contributed by atoms with Gasteiger partial charge in [0.05, 0.1) is 11.1 Å². The molecule has 0 spiro atoms. The van der Waals surface area contributed by atoms with Crippen molar-refractivity contribution in [1.82, 2.24) is 0 Å². The van der Waals surface area contributed by atoms with Crippen molar-refractivity contribution in [3.8, 4) is 66.8 Å². The topological polar surface area (TPSA) is 3.24 Å². The van der Waals surface area contributed by atoms with Crippen LogP contribution < -0.4 is 4.90 Å². The average Bonchev–Trinajstić information content (AvgIpc) is 3.77. The lowest BCUT2D eigenvalue weighted by Gasteiger charge is -2.34. The number of nitrogens with zero attached hydrogens (tertiary/aromatic N) is 1. The lowest BCUT2D eigenvalue weighted by molar-refractivity contribution is 0.769. The fourth-order valence-corrected chi connectivity index (χ4v) is 12.0. The van der Waals surface area contributed by atoms with Crippen LogP contribution in [0.25, 0.3) is 72.8 Å². The quantitative estimate of drug-likeness (QED) is 0.132. The van der Waals surface area contributed by atoms with Crippen molar-refractivity contribution in [1.29, 1.82) is 0 Å². The molecule has 13 rings (SSSR count). The molecule has 0 aliphatic heterocycles. The molecule has 0 bridgehead atoms. The predicted molar refractivity (Wildman–Crippen MR) is 308 cm³/mol. The molecule has 0 amide bonds. The van der Waals surface area contributed by atoms with Crippen molar-refractivity contribution >= 4 is 23.1 Å². The minimum Gasteiger partial charge on any atom is -0.310 e. The van der Waals surface area contributed by atoms with E-state index in [0.29, 0.717) is 5.92 Å². The summed E-state index contributed by atoms with van der Waals surface area (Å²) in [5.74, 6) is 0.457. The highest BCUT2D eigenvalue weighted by atomic mass is 15.1. The smallest absolute Gasteiger partial charge is 0.0713 e. The normalized spacial score (nSPS) is 14.0. The monoisotopic (exact) mass is 931 g/mol.